The molecular formula is C11H14N2O4. The van der Waals surface area contributed by atoms with E-state index in [0.717, 1.165) is 0 Å². The van der Waals surface area contributed by atoms with Gasteiger partial charge in [0.25, 0.3) is 5.91 Å². The van der Waals surface area contributed by atoms with Crippen LogP contribution in [-0.2, 0) is 4.79 Å². The number of carboxylic acid groups (broad SMARTS) is 1. The molecule has 1 fully saturated rings. The van der Waals surface area contributed by atoms with Gasteiger partial charge in [0, 0.05) is 20.0 Å². The van der Waals surface area contributed by atoms with Crippen molar-refractivity contribution in [3.8, 4) is 0 Å². The van der Waals surface area contributed by atoms with E-state index in [4.69, 9.17) is 9.52 Å². The zero-order valence-corrected chi connectivity index (χ0v) is 9.55. The lowest BCUT2D eigenvalue weighted by molar-refractivity contribution is -0.143. The quantitative estimate of drug-likeness (QED) is 0.828. The maximum Gasteiger partial charge on any atom is 0.306 e. The number of carbonyl (C=O) groups excluding carboxylic acids is 1. The van der Waals surface area contributed by atoms with Gasteiger partial charge in [0.2, 0.25) is 5.76 Å². The molecular weight excluding hydrogens is 224 g/mol. The van der Waals surface area contributed by atoms with Gasteiger partial charge in [-0.05, 0) is 12.8 Å². The second kappa shape index (κ2) is 4.57. The predicted octanol–water partition coefficient (Wildman–Crippen LogP) is 0.920. The van der Waals surface area contributed by atoms with Crippen LogP contribution in [0.15, 0.2) is 10.6 Å². The molecule has 1 aromatic rings. The number of nitrogens with zero attached hydrogens (tertiary/aromatic N) is 2. The van der Waals surface area contributed by atoms with Gasteiger partial charge in [-0.15, -0.1) is 0 Å². The highest BCUT2D eigenvalue weighted by Crippen LogP contribution is 2.19. The summed E-state index contributed by atoms with van der Waals surface area (Å²) in [6, 6.07) is 0. The van der Waals surface area contributed by atoms with Crippen LogP contribution in [0.2, 0.25) is 0 Å². The van der Waals surface area contributed by atoms with Crippen LogP contribution in [0, 0.1) is 12.8 Å². The van der Waals surface area contributed by atoms with Crippen molar-refractivity contribution < 1.29 is 19.1 Å². The molecule has 1 amide bonds. The van der Waals surface area contributed by atoms with Crippen LogP contribution in [0.25, 0.3) is 0 Å². The minimum absolute atomic E-state index is 0.213. The minimum Gasteiger partial charge on any atom is -0.481 e. The summed E-state index contributed by atoms with van der Waals surface area (Å²) in [6.45, 7) is 2.58. The molecule has 2 rings (SSSR count). The third kappa shape index (κ3) is 2.46. The van der Waals surface area contributed by atoms with Gasteiger partial charge in [-0.2, -0.15) is 0 Å². The van der Waals surface area contributed by atoms with Crippen LogP contribution in [0.5, 0.6) is 0 Å². The fraction of sp³-hybridized carbons (Fsp3) is 0.545. The Bertz CT molecular complexity index is 432. The average molecular weight is 238 g/mol. The highest BCUT2D eigenvalue weighted by atomic mass is 16.4. The Balaban J connectivity index is 1.97. The van der Waals surface area contributed by atoms with E-state index in [1.165, 1.54) is 6.20 Å². The molecule has 0 aliphatic carbocycles. The molecule has 1 saturated heterocycles. The summed E-state index contributed by atoms with van der Waals surface area (Å²) in [5, 5.41) is 8.85. The number of carbonyl (C=O) groups is 2. The van der Waals surface area contributed by atoms with Gasteiger partial charge in [0.05, 0.1) is 12.1 Å². The third-order valence-corrected chi connectivity index (χ3v) is 2.96. The van der Waals surface area contributed by atoms with E-state index in [1.807, 2.05) is 0 Å². The fourth-order valence-electron chi connectivity index (χ4n) is 1.95. The first-order valence-corrected chi connectivity index (χ1v) is 5.52. The van der Waals surface area contributed by atoms with E-state index < -0.39 is 5.97 Å². The van der Waals surface area contributed by atoms with Crippen LogP contribution < -0.4 is 0 Å². The topological polar surface area (TPSA) is 83.6 Å². The van der Waals surface area contributed by atoms with Crippen LogP contribution in [0.4, 0.5) is 0 Å². The van der Waals surface area contributed by atoms with E-state index in [1.54, 1.807) is 11.8 Å². The molecule has 92 valence electrons. The number of hydrogen-bond acceptors (Lipinski definition) is 4. The van der Waals surface area contributed by atoms with Crippen molar-refractivity contribution in [2.75, 3.05) is 13.1 Å². The summed E-state index contributed by atoms with van der Waals surface area (Å²) in [5.74, 6) is -0.664. The Kier molecular flexibility index (Phi) is 3.12. The molecule has 0 atom stereocenters. The van der Waals surface area contributed by atoms with Gasteiger partial charge in [-0.25, -0.2) is 4.98 Å². The summed E-state index contributed by atoms with van der Waals surface area (Å²) in [4.78, 5) is 28.2. The van der Waals surface area contributed by atoms with Crippen molar-refractivity contribution in [3.63, 3.8) is 0 Å². The van der Waals surface area contributed by atoms with Crippen LogP contribution >= 0.6 is 0 Å². The first kappa shape index (κ1) is 11.6. The lowest BCUT2D eigenvalue weighted by Crippen LogP contribution is -2.40. The van der Waals surface area contributed by atoms with E-state index in [0.29, 0.717) is 31.8 Å². The minimum atomic E-state index is -0.785. The zero-order chi connectivity index (χ0) is 12.4. The van der Waals surface area contributed by atoms with Gasteiger partial charge in [0.15, 0.2) is 5.89 Å². The first-order chi connectivity index (χ1) is 8.08. The van der Waals surface area contributed by atoms with Gasteiger partial charge < -0.3 is 14.4 Å². The molecule has 1 aliphatic heterocycles. The second-order valence-electron chi connectivity index (χ2n) is 4.15. The number of aryl methyl sites for hydroxylation is 1. The molecule has 17 heavy (non-hydrogen) atoms. The number of amides is 1. The highest BCUT2D eigenvalue weighted by Gasteiger charge is 2.28. The van der Waals surface area contributed by atoms with Gasteiger partial charge in [-0.1, -0.05) is 0 Å². The lowest BCUT2D eigenvalue weighted by Gasteiger charge is -2.29. The van der Waals surface area contributed by atoms with Crippen molar-refractivity contribution in [1.29, 1.82) is 0 Å². The van der Waals surface area contributed by atoms with E-state index >= 15 is 0 Å². The fourth-order valence-corrected chi connectivity index (χ4v) is 1.95. The number of aliphatic carboxylic acids is 1. The standard InChI is InChI=1S/C11H14N2O4/c1-7-12-6-9(17-7)10(14)13-4-2-8(3-5-13)11(15)16/h6,8H,2-5H2,1H3,(H,15,16). The zero-order valence-electron chi connectivity index (χ0n) is 9.55. The molecule has 0 bridgehead atoms. The van der Waals surface area contributed by atoms with Crippen LogP contribution in [-0.4, -0.2) is 40.0 Å². The van der Waals surface area contributed by atoms with E-state index in [9.17, 15) is 9.59 Å². The summed E-state index contributed by atoms with van der Waals surface area (Å²) < 4.78 is 5.15. The number of hydrogen-bond donors (Lipinski definition) is 1. The monoisotopic (exact) mass is 238 g/mol. The van der Waals surface area contributed by atoms with Gasteiger partial charge in [0.1, 0.15) is 0 Å². The molecule has 0 saturated carbocycles. The number of oxazole rings is 1. The van der Waals surface area contributed by atoms with Crippen molar-refractivity contribution in [2.24, 2.45) is 5.92 Å². The number of carboxylic acids is 1. The SMILES string of the molecule is Cc1ncc(C(=O)N2CCC(C(=O)O)CC2)o1. The lowest BCUT2D eigenvalue weighted by atomic mass is 9.97. The number of piperidine rings is 1. The Labute approximate surface area is 98.2 Å². The Morgan fingerprint density at radius 2 is 2.12 bits per heavy atom. The normalized spacial score (nSPS) is 17.1. The molecule has 0 aromatic carbocycles. The maximum atomic E-state index is 11.9. The molecule has 1 aliphatic rings. The summed E-state index contributed by atoms with van der Waals surface area (Å²) in [7, 11) is 0. The summed E-state index contributed by atoms with van der Waals surface area (Å²) >= 11 is 0. The average Bonchev–Trinajstić information content (AvgIpc) is 2.75. The molecule has 0 spiro atoms. The largest absolute Gasteiger partial charge is 0.481 e. The molecule has 6 heteroatoms. The second-order valence-corrected chi connectivity index (χ2v) is 4.15. The summed E-state index contributed by atoms with van der Waals surface area (Å²) in [5.41, 5.74) is 0. The number of rotatable bonds is 2. The van der Waals surface area contributed by atoms with Crippen molar-refractivity contribution in [1.82, 2.24) is 9.88 Å². The molecule has 0 radical (unpaired) electrons. The molecule has 2 heterocycles. The Hall–Kier alpha value is -1.85. The number of likely N-dealkylation sites (tertiary alicyclic amines) is 1. The van der Waals surface area contributed by atoms with Gasteiger partial charge in [-0.3, -0.25) is 9.59 Å². The van der Waals surface area contributed by atoms with Gasteiger partial charge >= 0.3 is 5.97 Å². The highest BCUT2D eigenvalue weighted by molar-refractivity contribution is 5.91. The maximum absolute atomic E-state index is 11.9. The molecule has 0 unspecified atom stereocenters. The Morgan fingerprint density at radius 3 is 2.59 bits per heavy atom. The number of aromatic nitrogens is 1. The smallest absolute Gasteiger partial charge is 0.306 e. The molecule has 1 aromatic heterocycles. The molecule has 6 nitrogen and oxygen atoms in total. The summed E-state index contributed by atoms with van der Waals surface area (Å²) in [6.07, 6.45) is 2.39. The predicted molar refractivity (Wildman–Crippen MR) is 57.5 cm³/mol. The van der Waals surface area contributed by atoms with Crippen LogP contribution in [0.1, 0.15) is 29.3 Å². The first-order valence-electron chi connectivity index (χ1n) is 5.52. The van der Waals surface area contributed by atoms with Crippen molar-refractivity contribution >= 4 is 11.9 Å². The Morgan fingerprint density at radius 1 is 1.47 bits per heavy atom. The molecule has 1 N–H and O–H groups in total. The van der Waals surface area contributed by atoms with Crippen LogP contribution in [0.3, 0.4) is 0 Å². The van der Waals surface area contributed by atoms with Crippen molar-refractivity contribution in [3.05, 3.63) is 17.8 Å². The van der Waals surface area contributed by atoms with E-state index in [2.05, 4.69) is 4.98 Å². The third-order valence-electron chi connectivity index (χ3n) is 2.96. The van der Waals surface area contributed by atoms with Crippen molar-refractivity contribution in [2.45, 2.75) is 19.8 Å². The van der Waals surface area contributed by atoms with E-state index in [-0.39, 0.29) is 17.6 Å².